The Bertz CT molecular complexity index is 394. The van der Waals surface area contributed by atoms with Gasteiger partial charge in [-0.2, -0.15) is 0 Å². The van der Waals surface area contributed by atoms with Crippen LogP contribution in [0.5, 0.6) is 5.75 Å². The minimum atomic E-state index is -0.271. The van der Waals surface area contributed by atoms with Gasteiger partial charge in [0.2, 0.25) is 0 Å². The second-order valence-corrected chi connectivity index (χ2v) is 4.86. The molecule has 1 heterocycles. The molecular weight excluding hydrogens is 228 g/mol. The van der Waals surface area contributed by atoms with Crippen LogP contribution >= 0.6 is 0 Å². The summed E-state index contributed by atoms with van der Waals surface area (Å²) in [5, 5.41) is 0. The largest absolute Gasteiger partial charge is 0.415 e. The third-order valence-electron chi connectivity index (χ3n) is 3.50. The number of hydrogen-bond donors (Lipinski definition) is 1. The number of likely N-dealkylation sites (tertiary alicyclic amines) is 1. The Hall–Kier alpha value is -1.55. The highest BCUT2D eigenvalue weighted by atomic mass is 16.6. The van der Waals surface area contributed by atoms with Crippen molar-refractivity contribution >= 4 is 6.09 Å². The van der Waals surface area contributed by atoms with Gasteiger partial charge in [-0.05, 0) is 44.4 Å². The minimum Gasteiger partial charge on any atom is -0.410 e. The molecule has 1 amide bonds. The molecule has 2 rings (SSSR count). The molecule has 2 atom stereocenters. The van der Waals surface area contributed by atoms with Crippen LogP contribution in [-0.4, -0.2) is 30.1 Å². The zero-order valence-corrected chi connectivity index (χ0v) is 10.7. The van der Waals surface area contributed by atoms with Crippen LogP contribution in [0.1, 0.15) is 19.8 Å². The van der Waals surface area contributed by atoms with Gasteiger partial charge < -0.3 is 15.4 Å². The van der Waals surface area contributed by atoms with Crippen LogP contribution in [0, 0.1) is 5.92 Å². The Kier molecular flexibility index (Phi) is 4.20. The number of hydrogen-bond acceptors (Lipinski definition) is 3. The molecule has 4 nitrogen and oxygen atoms in total. The summed E-state index contributed by atoms with van der Waals surface area (Å²) in [6.45, 7) is 3.38. The van der Waals surface area contributed by atoms with Crippen LogP contribution in [0.15, 0.2) is 30.3 Å². The summed E-state index contributed by atoms with van der Waals surface area (Å²) in [5.74, 6) is 0.981. The molecule has 2 unspecified atom stereocenters. The average molecular weight is 248 g/mol. The summed E-state index contributed by atoms with van der Waals surface area (Å²) in [7, 11) is 0. The van der Waals surface area contributed by atoms with Gasteiger partial charge >= 0.3 is 6.09 Å². The predicted octanol–water partition coefficient (Wildman–Crippen LogP) is 2.24. The van der Waals surface area contributed by atoms with E-state index in [1.807, 2.05) is 18.2 Å². The Morgan fingerprint density at radius 3 is 2.78 bits per heavy atom. The molecule has 1 aromatic carbocycles. The number of benzene rings is 1. The first-order valence-electron chi connectivity index (χ1n) is 6.44. The summed E-state index contributed by atoms with van der Waals surface area (Å²) in [5.41, 5.74) is 5.68. The van der Waals surface area contributed by atoms with Crippen molar-refractivity contribution < 1.29 is 9.53 Å². The van der Waals surface area contributed by atoms with E-state index in [1.165, 1.54) is 0 Å². The highest BCUT2D eigenvalue weighted by Crippen LogP contribution is 2.22. The number of rotatable bonds is 2. The molecule has 4 heteroatoms. The number of amides is 1. The molecular formula is C14H20N2O2. The smallest absolute Gasteiger partial charge is 0.410 e. The maximum atomic E-state index is 12.1. The lowest BCUT2D eigenvalue weighted by molar-refractivity contribution is 0.1000. The summed E-state index contributed by atoms with van der Waals surface area (Å²) < 4.78 is 5.36. The average Bonchev–Trinajstić information content (AvgIpc) is 2.40. The Labute approximate surface area is 108 Å². The molecule has 0 bridgehead atoms. The topological polar surface area (TPSA) is 55.6 Å². The van der Waals surface area contributed by atoms with Crippen molar-refractivity contribution in [2.75, 3.05) is 13.1 Å². The van der Waals surface area contributed by atoms with Gasteiger partial charge in [0, 0.05) is 12.6 Å². The molecule has 1 aliphatic heterocycles. The molecule has 0 aliphatic carbocycles. The third kappa shape index (κ3) is 3.01. The fourth-order valence-corrected chi connectivity index (χ4v) is 2.28. The number of para-hydroxylation sites is 1. The molecule has 0 saturated carbocycles. The maximum Gasteiger partial charge on any atom is 0.415 e. The van der Waals surface area contributed by atoms with Crippen molar-refractivity contribution in [1.29, 1.82) is 0 Å². The van der Waals surface area contributed by atoms with E-state index in [0.29, 0.717) is 24.8 Å². The number of carbonyl (C=O) groups is 1. The second-order valence-electron chi connectivity index (χ2n) is 4.86. The molecule has 1 aromatic rings. The highest BCUT2D eigenvalue weighted by Gasteiger charge is 2.29. The first kappa shape index (κ1) is 12.9. The van der Waals surface area contributed by atoms with E-state index in [9.17, 15) is 4.79 Å². The molecule has 1 fully saturated rings. The van der Waals surface area contributed by atoms with Crippen molar-refractivity contribution in [3.05, 3.63) is 30.3 Å². The number of nitrogens with zero attached hydrogens (tertiary/aromatic N) is 1. The van der Waals surface area contributed by atoms with Gasteiger partial charge in [-0.25, -0.2) is 4.79 Å². The minimum absolute atomic E-state index is 0.226. The first-order chi connectivity index (χ1) is 8.70. The standard InChI is InChI=1S/C14H20N2O2/c1-11-7-8-12(9-15)10-16(11)14(17)18-13-5-3-2-4-6-13/h2-6,11-12H,7-10,15H2,1H3. The van der Waals surface area contributed by atoms with Gasteiger partial charge in [-0.15, -0.1) is 0 Å². The van der Waals surface area contributed by atoms with Crippen LogP contribution in [0.2, 0.25) is 0 Å². The molecule has 2 N–H and O–H groups in total. The van der Waals surface area contributed by atoms with Crippen molar-refractivity contribution in [2.24, 2.45) is 11.7 Å². The summed E-state index contributed by atoms with van der Waals surface area (Å²) in [4.78, 5) is 13.9. The molecule has 18 heavy (non-hydrogen) atoms. The fraction of sp³-hybridized carbons (Fsp3) is 0.500. The molecule has 0 aromatic heterocycles. The van der Waals surface area contributed by atoms with Gasteiger partial charge in [0.1, 0.15) is 5.75 Å². The van der Waals surface area contributed by atoms with Crippen LogP contribution < -0.4 is 10.5 Å². The van der Waals surface area contributed by atoms with E-state index in [-0.39, 0.29) is 12.1 Å². The van der Waals surface area contributed by atoms with Gasteiger partial charge in [0.25, 0.3) is 0 Å². The Balaban J connectivity index is 1.99. The molecule has 0 radical (unpaired) electrons. The second kappa shape index (κ2) is 5.87. The Morgan fingerprint density at radius 1 is 1.39 bits per heavy atom. The lowest BCUT2D eigenvalue weighted by atomic mass is 9.94. The van der Waals surface area contributed by atoms with Gasteiger partial charge in [0.15, 0.2) is 0 Å². The number of ether oxygens (including phenoxy) is 1. The van der Waals surface area contributed by atoms with E-state index < -0.39 is 0 Å². The van der Waals surface area contributed by atoms with E-state index in [1.54, 1.807) is 17.0 Å². The quantitative estimate of drug-likeness (QED) is 0.873. The van der Waals surface area contributed by atoms with Crippen LogP contribution in [-0.2, 0) is 0 Å². The SMILES string of the molecule is CC1CCC(CN)CN1C(=O)Oc1ccccc1. The van der Waals surface area contributed by atoms with Crippen molar-refractivity contribution in [3.63, 3.8) is 0 Å². The van der Waals surface area contributed by atoms with E-state index >= 15 is 0 Å². The zero-order chi connectivity index (χ0) is 13.0. The van der Waals surface area contributed by atoms with E-state index in [0.717, 1.165) is 12.8 Å². The van der Waals surface area contributed by atoms with Gasteiger partial charge in [0.05, 0.1) is 0 Å². The van der Waals surface area contributed by atoms with Crippen LogP contribution in [0.4, 0.5) is 4.79 Å². The van der Waals surface area contributed by atoms with Crippen LogP contribution in [0.25, 0.3) is 0 Å². The maximum absolute atomic E-state index is 12.1. The van der Waals surface area contributed by atoms with Gasteiger partial charge in [-0.1, -0.05) is 18.2 Å². The monoisotopic (exact) mass is 248 g/mol. The first-order valence-corrected chi connectivity index (χ1v) is 6.44. The number of nitrogens with two attached hydrogens (primary N) is 1. The zero-order valence-electron chi connectivity index (χ0n) is 10.7. The summed E-state index contributed by atoms with van der Waals surface area (Å²) in [6.07, 6.45) is 1.81. The Morgan fingerprint density at radius 2 is 2.11 bits per heavy atom. The lowest BCUT2D eigenvalue weighted by Crippen LogP contribution is -2.48. The van der Waals surface area contributed by atoms with Crippen molar-refractivity contribution in [3.8, 4) is 5.75 Å². The molecule has 1 aliphatic rings. The highest BCUT2D eigenvalue weighted by molar-refractivity contribution is 5.71. The number of piperidine rings is 1. The molecule has 0 spiro atoms. The van der Waals surface area contributed by atoms with Crippen LogP contribution in [0.3, 0.4) is 0 Å². The molecule has 98 valence electrons. The molecule has 1 saturated heterocycles. The lowest BCUT2D eigenvalue weighted by Gasteiger charge is -2.36. The van der Waals surface area contributed by atoms with Crippen molar-refractivity contribution in [2.45, 2.75) is 25.8 Å². The van der Waals surface area contributed by atoms with Crippen molar-refractivity contribution in [1.82, 2.24) is 4.90 Å². The summed E-state index contributed by atoms with van der Waals surface area (Å²) >= 11 is 0. The predicted molar refractivity (Wildman–Crippen MR) is 70.4 cm³/mol. The van der Waals surface area contributed by atoms with Gasteiger partial charge in [-0.3, -0.25) is 0 Å². The third-order valence-corrected chi connectivity index (χ3v) is 3.50. The van der Waals surface area contributed by atoms with E-state index in [4.69, 9.17) is 10.5 Å². The fourth-order valence-electron chi connectivity index (χ4n) is 2.28. The van der Waals surface area contributed by atoms with E-state index in [2.05, 4.69) is 6.92 Å². The number of carbonyl (C=O) groups excluding carboxylic acids is 1. The summed E-state index contributed by atoms with van der Waals surface area (Å²) in [6, 6.07) is 9.39. The normalized spacial score (nSPS) is 23.8.